The summed E-state index contributed by atoms with van der Waals surface area (Å²) < 4.78 is 5.41. The average Bonchev–Trinajstić information content (AvgIpc) is 2.68. The molecule has 3 rings (SSSR count). The number of amides is 1. The number of hydrogen-bond donors (Lipinski definition) is 2. The molecule has 1 aromatic rings. The zero-order valence-electron chi connectivity index (χ0n) is 14.9. The third-order valence-corrected chi connectivity index (χ3v) is 5.36. The van der Waals surface area contributed by atoms with E-state index in [9.17, 15) is 10.1 Å². The summed E-state index contributed by atoms with van der Waals surface area (Å²) in [5.74, 6) is -0.165. The van der Waals surface area contributed by atoms with E-state index in [0.29, 0.717) is 18.2 Å². The lowest BCUT2D eigenvalue weighted by Crippen LogP contribution is -2.50. The molecule has 26 heavy (non-hydrogen) atoms. The zero-order chi connectivity index (χ0) is 18.4. The number of halogens is 1. The lowest BCUT2D eigenvalue weighted by atomic mass is 9.83. The molecule has 2 fully saturated rings. The van der Waals surface area contributed by atoms with E-state index in [2.05, 4.69) is 21.6 Å². The van der Waals surface area contributed by atoms with Crippen LogP contribution in [-0.4, -0.2) is 44.3 Å². The number of nitrogens with zero attached hydrogens (tertiary/aromatic N) is 2. The number of rotatable bonds is 5. The van der Waals surface area contributed by atoms with E-state index in [1.165, 1.54) is 0 Å². The van der Waals surface area contributed by atoms with Gasteiger partial charge < -0.3 is 20.3 Å². The highest BCUT2D eigenvalue weighted by Crippen LogP contribution is 2.34. The van der Waals surface area contributed by atoms with E-state index in [1.54, 1.807) is 0 Å². The molecule has 2 N–H and O–H groups in total. The number of anilines is 2. The summed E-state index contributed by atoms with van der Waals surface area (Å²) in [5.41, 5.74) is 1.01. The maximum atomic E-state index is 12.4. The van der Waals surface area contributed by atoms with Gasteiger partial charge in [0.05, 0.1) is 42.2 Å². The Morgan fingerprint density at radius 3 is 2.69 bits per heavy atom. The Kier molecular flexibility index (Phi) is 6.23. The number of morpholine rings is 1. The van der Waals surface area contributed by atoms with Crippen molar-refractivity contribution in [2.75, 3.05) is 43.1 Å². The van der Waals surface area contributed by atoms with Crippen LogP contribution in [0, 0.1) is 11.3 Å². The predicted octanol–water partition coefficient (Wildman–Crippen LogP) is 2.93. The van der Waals surface area contributed by atoms with E-state index in [0.717, 1.165) is 56.6 Å². The lowest BCUT2D eigenvalue weighted by molar-refractivity contribution is -0.121. The van der Waals surface area contributed by atoms with E-state index in [-0.39, 0.29) is 12.5 Å². The highest BCUT2D eigenvalue weighted by molar-refractivity contribution is 6.34. The van der Waals surface area contributed by atoms with Crippen molar-refractivity contribution in [3.05, 3.63) is 23.2 Å². The standard InChI is InChI=1S/C19H25ClN4O2/c20-15-5-4-6-16(18(15)24-9-11-26-12-10-24)22-13-17(25)23-19(14-21)7-2-1-3-8-19/h4-6,22H,1-3,7-13H2,(H,23,25). The van der Waals surface area contributed by atoms with Crippen molar-refractivity contribution in [2.24, 2.45) is 0 Å². The van der Waals surface area contributed by atoms with E-state index < -0.39 is 5.54 Å². The molecule has 1 aliphatic carbocycles. The zero-order valence-corrected chi connectivity index (χ0v) is 15.6. The second kappa shape index (κ2) is 8.61. The quantitative estimate of drug-likeness (QED) is 0.826. The summed E-state index contributed by atoms with van der Waals surface area (Å²) in [4.78, 5) is 14.6. The summed E-state index contributed by atoms with van der Waals surface area (Å²) in [5, 5.41) is 16.3. The van der Waals surface area contributed by atoms with E-state index >= 15 is 0 Å². The van der Waals surface area contributed by atoms with E-state index in [4.69, 9.17) is 16.3 Å². The van der Waals surface area contributed by atoms with Crippen molar-refractivity contribution in [1.29, 1.82) is 5.26 Å². The monoisotopic (exact) mass is 376 g/mol. The van der Waals surface area contributed by atoms with Crippen molar-refractivity contribution in [3.8, 4) is 6.07 Å². The maximum Gasteiger partial charge on any atom is 0.240 e. The van der Waals surface area contributed by atoms with Gasteiger partial charge in [0.2, 0.25) is 5.91 Å². The number of hydrogen-bond acceptors (Lipinski definition) is 5. The van der Waals surface area contributed by atoms with Gasteiger partial charge in [0.1, 0.15) is 5.54 Å². The molecule has 1 aromatic carbocycles. The van der Waals surface area contributed by atoms with Crippen LogP contribution < -0.4 is 15.5 Å². The SMILES string of the molecule is N#CC1(NC(=O)CNc2cccc(Cl)c2N2CCOCC2)CCCCC1. The largest absolute Gasteiger partial charge is 0.378 e. The number of nitrogens with one attached hydrogen (secondary N) is 2. The Morgan fingerprint density at radius 2 is 2.00 bits per heavy atom. The number of benzene rings is 1. The van der Waals surface area contributed by atoms with Gasteiger partial charge in [-0.05, 0) is 25.0 Å². The van der Waals surface area contributed by atoms with Crippen LogP contribution in [0.2, 0.25) is 5.02 Å². The van der Waals surface area contributed by atoms with Gasteiger partial charge in [-0.25, -0.2) is 0 Å². The van der Waals surface area contributed by atoms with Gasteiger partial charge in [-0.3, -0.25) is 4.79 Å². The molecule has 2 aliphatic rings. The minimum absolute atomic E-state index is 0.112. The Bertz CT molecular complexity index is 677. The van der Waals surface area contributed by atoms with Crippen molar-refractivity contribution in [3.63, 3.8) is 0 Å². The second-order valence-electron chi connectivity index (χ2n) is 6.89. The molecule has 1 aliphatic heterocycles. The smallest absolute Gasteiger partial charge is 0.240 e. The molecule has 0 unspecified atom stereocenters. The predicted molar refractivity (Wildman–Crippen MR) is 103 cm³/mol. The molecule has 0 aromatic heterocycles. The summed E-state index contributed by atoms with van der Waals surface area (Å²) in [6, 6.07) is 7.95. The van der Waals surface area contributed by atoms with Crippen molar-refractivity contribution in [2.45, 2.75) is 37.6 Å². The molecule has 0 bridgehead atoms. The van der Waals surface area contributed by atoms with Crippen molar-refractivity contribution in [1.82, 2.24) is 5.32 Å². The first-order chi connectivity index (χ1) is 12.6. The molecule has 0 spiro atoms. The van der Waals surface area contributed by atoms with Crippen LogP contribution in [0.4, 0.5) is 11.4 Å². The normalized spacial score (nSPS) is 19.5. The summed E-state index contributed by atoms with van der Waals surface area (Å²) in [6.45, 7) is 2.97. The molecule has 1 heterocycles. The first-order valence-electron chi connectivity index (χ1n) is 9.21. The fraction of sp³-hybridized carbons (Fsp3) is 0.579. The molecule has 0 atom stereocenters. The lowest BCUT2D eigenvalue weighted by Gasteiger charge is -2.32. The maximum absolute atomic E-state index is 12.4. The van der Waals surface area contributed by atoms with Gasteiger partial charge in [0.25, 0.3) is 0 Å². The number of nitriles is 1. The van der Waals surface area contributed by atoms with Crippen LogP contribution in [0.3, 0.4) is 0 Å². The number of para-hydroxylation sites is 1. The van der Waals surface area contributed by atoms with Crippen LogP contribution in [0.1, 0.15) is 32.1 Å². The van der Waals surface area contributed by atoms with Gasteiger partial charge >= 0.3 is 0 Å². The summed E-state index contributed by atoms with van der Waals surface area (Å²) >= 11 is 6.41. The van der Waals surface area contributed by atoms with Crippen molar-refractivity contribution >= 4 is 28.9 Å². The van der Waals surface area contributed by atoms with Gasteiger partial charge in [0, 0.05) is 13.1 Å². The average molecular weight is 377 g/mol. The molecular weight excluding hydrogens is 352 g/mol. The highest BCUT2D eigenvalue weighted by atomic mass is 35.5. The Labute approximate surface area is 159 Å². The van der Waals surface area contributed by atoms with Crippen LogP contribution in [0.15, 0.2) is 18.2 Å². The number of carbonyl (C=O) groups excluding carboxylic acids is 1. The second-order valence-corrected chi connectivity index (χ2v) is 7.30. The number of carbonyl (C=O) groups is 1. The molecule has 1 saturated carbocycles. The van der Waals surface area contributed by atoms with Crippen molar-refractivity contribution < 1.29 is 9.53 Å². The van der Waals surface area contributed by atoms with Gasteiger partial charge in [0.15, 0.2) is 0 Å². The first-order valence-corrected chi connectivity index (χ1v) is 9.59. The van der Waals surface area contributed by atoms with Crippen LogP contribution in [0.5, 0.6) is 0 Å². The minimum atomic E-state index is -0.710. The molecule has 6 nitrogen and oxygen atoms in total. The summed E-state index contributed by atoms with van der Waals surface area (Å²) in [7, 11) is 0. The molecular formula is C19H25ClN4O2. The topological polar surface area (TPSA) is 77.4 Å². The molecule has 140 valence electrons. The highest BCUT2D eigenvalue weighted by Gasteiger charge is 2.33. The fourth-order valence-corrected chi connectivity index (χ4v) is 3.97. The van der Waals surface area contributed by atoms with Crippen LogP contribution in [-0.2, 0) is 9.53 Å². The third-order valence-electron chi connectivity index (χ3n) is 5.05. The van der Waals surface area contributed by atoms with Gasteiger partial charge in [-0.2, -0.15) is 5.26 Å². The first kappa shape index (κ1) is 18.8. The third kappa shape index (κ3) is 4.40. The Balaban J connectivity index is 1.65. The fourth-order valence-electron chi connectivity index (χ4n) is 3.67. The molecule has 1 amide bonds. The summed E-state index contributed by atoms with van der Waals surface area (Å²) in [6.07, 6.45) is 4.55. The van der Waals surface area contributed by atoms with Crippen LogP contribution in [0.25, 0.3) is 0 Å². The van der Waals surface area contributed by atoms with Crippen LogP contribution >= 0.6 is 11.6 Å². The minimum Gasteiger partial charge on any atom is -0.378 e. The van der Waals surface area contributed by atoms with E-state index in [1.807, 2.05) is 18.2 Å². The van der Waals surface area contributed by atoms with Gasteiger partial charge in [-0.15, -0.1) is 0 Å². The molecule has 0 radical (unpaired) electrons. The Hall–Kier alpha value is -1.97. The Morgan fingerprint density at radius 1 is 1.27 bits per heavy atom. The molecule has 1 saturated heterocycles. The van der Waals surface area contributed by atoms with Gasteiger partial charge in [-0.1, -0.05) is 36.9 Å². The molecule has 7 heteroatoms. The number of ether oxygens (including phenoxy) is 1.